The smallest absolute Gasteiger partial charge is 0.143 e. The summed E-state index contributed by atoms with van der Waals surface area (Å²) in [5.74, 6) is 1.23. The van der Waals surface area contributed by atoms with Crippen LogP contribution in [0.25, 0.3) is 0 Å². The van der Waals surface area contributed by atoms with E-state index >= 15 is 0 Å². The molecule has 0 amide bonds. The second kappa shape index (κ2) is 8.10. The van der Waals surface area contributed by atoms with Gasteiger partial charge in [-0.2, -0.15) is 0 Å². The topological polar surface area (TPSA) is 55.6 Å². The van der Waals surface area contributed by atoms with Gasteiger partial charge in [-0.25, -0.2) is 0 Å². The summed E-state index contributed by atoms with van der Waals surface area (Å²) in [6, 6.07) is 8.29. The number of hydrogen-bond donors (Lipinski definition) is 1. The second-order valence-corrected chi connectivity index (χ2v) is 8.24. The number of likely N-dealkylation sites (tertiary alicyclic amines) is 1. The first kappa shape index (κ1) is 19.4. The Kier molecular flexibility index (Phi) is 6.03. The molecular formula is C22H34N2O2. The average Bonchev–Trinajstić information content (AvgIpc) is 2.69. The van der Waals surface area contributed by atoms with Gasteiger partial charge in [0.2, 0.25) is 0 Å². The highest BCUT2D eigenvalue weighted by atomic mass is 16.5. The Balaban J connectivity index is 1.88. The van der Waals surface area contributed by atoms with Crippen molar-refractivity contribution < 1.29 is 9.53 Å². The molecule has 1 aliphatic carbocycles. The Bertz CT molecular complexity index is 614. The minimum absolute atomic E-state index is 0.231. The van der Waals surface area contributed by atoms with Gasteiger partial charge in [0.1, 0.15) is 17.1 Å². The summed E-state index contributed by atoms with van der Waals surface area (Å²) in [5.41, 5.74) is 6.63. The first-order valence-electron chi connectivity index (χ1n) is 10.3. The number of Topliss-reactive ketones (excluding diaryl/α,β-unsaturated/α-hetero) is 1. The fraction of sp³-hybridized carbons (Fsp3) is 0.682. The van der Waals surface area contributed by atoms with Crippen LogP contribution in [0.4, 0.5) is 0 Å². The highest BCUT2D eigenvalue weighted by molar-refractivity contribution is 5.90. The van der Waals surface area contributed by atoms with Gasteiger partial charge < -0.3 is 15.4 Å². The molecule has 1 saturated heterocycles. The Morgan fingerprint density at radius 1 is 1.15 bits per heavy atom. The molecule has 4 heteroatoms. The lowest BCUT2D eigenvalue weighted by Crippen LogP contribution is -2.46. The fourth-order valence-electron chi connectivity index (χ4n) is 4.72. The van der Waals surface area contributed by atoms with Crippen LogP contribution < -0.4 is 10.5 Å². The van der Waals surface area contributed by atoms with Crippen molar-refractivity contribution in [2.24, 2.45) is 5.73 Å². The highest BCUT2D eigenvalue weighted by Crippen LogP contribution is 2.40. The lowest BCUT2D eigenvalue weighted by Gasteiger charge is -2.40. The normalized spacial score (nSPS) is 22.7. The summed E-state index contributed by atoms with van der Waals surface area (Å²) in [5, 5.41) is 0. The van der Waals surface area contributed by atoms with Gasteiger partial charge in [0.15, 0.2) is 0 Å². The summed E-state index contributed by atoms with van der Waals surface area (Å²) in [6.07, 6.45) is 8.05. The number of carbonyl (C=O) groups excluding carboxylic acids is 1. The van der Waals surface area contributed by atoms with Gasteiger partial charge in [0.25, 0.3) is 0 Å². The number of nitrogens with zero attached hydrogens (tertiary/aromatic N) is 1. The number of nitrogens with two attached hydrogens (primary N) is 1. The molecule has 0 unspecified atom stereocenters. The minimum atomic E-state index is -0.358. The number of hydrogen-bond acceptors (Lipinski definition) is 4. The Hall–Kier alpha value is -1.39. The van der Waals surface area contributed by atoms with E-state index in [1.165, 1.54) is 19.3 Å². The molecule has 1 aromatic rings. The predicted molar refractivity (Wildman–Crippen MR) is 106 cm³/mol. The van der Waals surface area contributed by atoms with E-state index in [2.05, 4.69) is 24.1 Å². The largest absolute Gasteiger partial charge is 0.486 e. The molecule has 2 aliphatic rings. The number of ether oxygens (including phenoxy) is 1. The van der Waals surface area contributed by atoms with Crippen molar-refractivity contribution in [1.29, 1.82) is 0 Å². The number of benzene rings is 1. The van der Waals surface area contributed by atoms with Crippen molar-refractivity contribution in [2.45, 2.75) is 69.3 Å². The summed E-state index contributed by atoms with van der Waals surface area (Å²) < 4.78 is 6.46. The van der Waals surface area contributed by atoms with Crippen molar-refractivity contribution >= 4 is 5.78 Å². The number of ketones is 1. The maximum atomic E-state index is 12.9. The molecule has 26 heavy (non-hydrogen) atoms. The molecule has 144 valence electrons. The van der Waals surface area contributed by atoms with Crippen LogP contribution in [0, 0.1) is 0 Å². The summed E-state index contributed by atoms with van der Waals surface area (Å²) >= 11 is 0. The van der Waals surface area contributed by atoms with E-state index < -0.39 is 0 Å². The maximum absolute atomic E-state index is 12.9. The van der Waals surface area contributed by atoms with Crippen LogP contribution in [0.1, 0.15) is 63.9 Å². The Morgan fingerprint density at radius 2 is 1.85 bits per heavy atom. The molecule has 0 spiro atoms. The molecule has 1 heterocycles. The molecule has 1 saturated carbocycles. The zero-order valence-electron chi connectivity index (χ0n) is 16.4. The van der Waals surface area contributed by atoms with Crippen LogP contribution in [0.5, 0.6) is 5.75 Å². The third-order valence-corrected chi connectivity index (χ3v) is 6.55. The van der Waals surface area contributed by atoms with E-state index in [1.54, 1.807) is 0 Å². The first-order chi connectivity index (χ1) is 12.5. The fourth-order valence-corrected chi connectivity index (χ4v) is 4.72. The Morgan fingerprint density at radius 3 is 2.46 bits per heavy atom. The molecule has 2 N–H and O–H groups in total. The zero-order valence-corrected chi connectivity index (χ0v) is 16.4. The van der Waals surface area contributed by atoms with E-state index in [9.17, 15) is 4.79 Å². The van der Waals surface area contributed by atoms with Crippen molar-refractivity contribution in [3.05, 3.63) is 29.8 Å². The zero-order chi connectivity index (χ0) is 18.6. The first-order valence-corrected chi connectivity index (χ1v) is 10.3. The maximum Gasteiger partial charge on any atom is 0.143 e. The number of carbonyl (C=O) groups is 1. The average molecular weight is 359 g/mol. The van der Waals surface area contributed by atoms with Crippen LogP contribution in [0.2, 0.25) is 0 Å². The van der Waals surface area contributed by atoms with Crippen LogP contribution >= 0.6 is 0 Å². The molecule has 4 nitrogen and oxygen atoms in total. The number of rotatable bonds is 6. The van der Waals surface area contributed by atoms with Gasteiger partial charge in [-0.3, -0.25) is 4.79 Å². The third kappa shape index (κ3) is 3.81. The van der Waals surface area contributed by atoms with E-state index in [4.69, 9.17) is 10.5 Å². The highest BCUT2D eigenvalue weighted by Gasteiger charge is 2.41. The van der Waals surface area contributed by atoms with Crippen molar-refractivity contribution in [3.63, 3.8) is 0 Å². The molecule has 1 aromatic carbocycles. The summed E-state index contributed by atoms with van der Waals surface area (Å²) in [6.45, 7) is 4.46. The van der Waals surface area contributed by atoms with Gasteiger partial charge in [-0.1, -0.05) is 25.5 Å². The predicted octanol–water partition coefficient (Wildman–Crippen LogP) is 3.67. The molecule has 0 bridgehead atoms. The molecule has 0 atom stereocenters. The van der Waals surface area contributed by atoms with Crippen LogP contribution in [0.15, 0.2) is 24.3 Å². The van der Waals surface area contributed by atoms with Gasteiger partial charge in [0.05, 0.1) is 5.41 Å². The summed E-state index contributed by atoms with van der Waals surface area (Å²) in [4.78, 5) is 15.2. The van der Waals surface area contributed by atoms with Gasteiger partial charge in [-0.15, -0.1) is 0 Å². The standard InChI is InChI=1S/C22H34N2O2/c1-3-20(25)22(12-14-24(2)15-13-22)18-8-7-9-19(16-18)26-21(17-23)10-5-4-6-11-21/h7-9,16H,3-6,10-15,17,23H2,1-2H3. The van der Waals surface area contributed by atoms with Crippen LogP contribution in [-0.4, -0.2) is 43.0 Å². The SMILES string of the molecule is CCC(=O)C1(c2cccc(OC3(CN)CCCCC3)c2)CCN(C)CC1. The second-order valence-electron chi connectivity index (χ2n) is 8.24. The number of piperidine rings is 1. The molecule has 2 fully saturated rings. The van der Waals surface area contributed by atoms with Crippen molar-refractivity contribution in [2.75, 3.05) is 26.7 Å². The van der Waals surface area contributed by atoms with Gasteiger partial charge in [-0.05, 0) is 76.4 Å². The molecular weight excluding hydrogens is 324 g/mol. The van der Waals surface area contributed by atoms with E-state index in [-0.39, 0.29) is 11.0 Å². The molecule has 0 radical (unpaired) electrons. The monoisotopic (exact) mass is 358 g/mol. The quantitative estimate of drug-likeness (QED) is 0.843. The summed E-state index contributed by atoms with van der Waals surface area (Å²) in [7, 11) is 2.13. The third-order valence-electron chi connectivity index (χ3n) is 6.55. The van der Waals surface area contributed by atoms with E-state index in [0.29, 0.717) is 18.7 Å². The van der Waals surface area contributed by atoms with Gasteiger partial charge >= 0.3 is 0 Å². The minimum Gasteiger partial charge on any atom is -0.486 e. The van der Waals surface area contributed by atoms with E-state index in [0.717, 1.165) is 50.1 Å². The van der Waals surface area contributed by atoms with Crippen molar-refractivity contribution in [3.8, 4) is 5.75 Å². The van der Waals surface area contributed by atoms with Crippen LogP contribution in [-0.2, 0) is 10.2 Å². The van der Waals surface area contributed by atoms with E-state index in [1.807, 2.05) is 19.1 Å². The van der Waals surface area contributed by atoms with Crippen molar-refractivity contribution in [1.82, 2.24) is 4.90 Å². The Labute approximate surface area is 158 Å². The van der Waals surface area contributed by atoms with Crippen LogP contribution in [0.3, 0.4) is 0 Å². The molecule has 0 aromatic heterocycles. The van der Waals surface area contributed by atoms with Gasteiger partial charge in [0, 0.05) is 13.0 Å². The molecule has 1 aliphatic heterocycles. The molecule has 3 rings (SSSR count). The lowest BCUT2D eigenvalue weighted by molar-refractivity contribution is -0.126. The lowest BCUT2D eigenvalue weighted by atomic mass is 9.69.